The predicted octanol–water partition coefficient (Wildman–Crippen LogP) is 3.42. The summed E-state index contributed by atoms with van der Waals surface area (Å²) >= 11 is 0. The van der Waals surface area contributed by atoms with E-state index in [0.29, 0.717) is 11.3 Å². The lowest BCUT2D eigenvalue weighted by Gasteiger charge is -2.12. The fourth-order valence-corrected chi connectivity index (χ4v) is 2.79. The fraction of sp³-hybridized carbons (Fsp3) is 0.182. The normalized spacial score (nSPS) is 11.8. The van der Waals surface area contributed by atoms with Gasteiger partial charge < -0.3 is 4.74 Å². The van der Waals surface area contributed by atoms with Gasteiger partial charge in [0.1, 0.15) is 11.6 Å². The van der Waals surface area contributed by atoms with Crippen LogP contribution in [0.2, 0.25) is 0 Å². The summed E-state index contributed by atoms with van der Waals surface area (Å²) in [5, 5.41) is 17.3. The number of nitrogens with one attached hydrogen (secondary N) is 1. The second-order valence-electron chi connectivity index (χ2n) is 6.60. The van der Waals surface area contributed by atoms with Crippen molar-refractivity contribution < 1.29 is 13.9 Å². The first-order valence-corrected chi connectivity index (χ1v) is 9.21. The zero-order valence-corrected chi connectivity index (χ0v) is 16.8. The molecule has 0 saturated heterocycles. The number of halogens is 1. The van der Waals surface area contributed by atoms with Crippen molar-refractivity contribution in [3.63, 3.8) is 0 Å². The number of benzene rings is 2. The van der Waals surface area contributed by atoms with Crippen LogP contribution in [0.15, 0.2) is 53.6 Å². The van der Waals surface area contributed by atoms with E-state index < -0.39 is 12.0 Å². The highest BCUT2D eigenvalue weighted by Gasteiger charge is 2.15. The number of hydrazone groups is 1. The minimum absolute atomic E-state index is 0.317. The van der Waals surface area contributed by atoms with Crippen LogP contribution in [0.3, 0.4) is 0 Å². The van der Waals surface area contributed by atoms with Crippen LogP contribution in [-0.2, 0) is 4.79 Å². The molecule has 0 radical (unpaired) electrons. The van der Waals surface area contributed by atoms with Gasteiger partial charge >= 0.3 is 0 Å². The van der Waals surface area contributed by atoms with Gasteiger partial charge in [0, 0.05) is 5.56 Å². The average molecular weight is 405 g/mol. The summed E-state index contributed by atoms with van der Waals surface area (Å²) in [7, 11) is 0. The van der Waals surface area contributed by atoms with E-state index in [1.54, 1.807) is 48.0 Å². The van der Waals surface area contributed by atoms with Crippen LogP contribution >= 0.6 is 0 Å². The number of ether oxygens (including phenoxy) is 1. The molecule has 0 bridgehead atoms. The molecule has 30 heavy (non-hydrogen) atoms. The van der Waals surface area contributed by atoms with E-state index in [4.69, 9.17) is 10.00 Å². The van der Waals surface area contributed by atoms with E-state index in [1.165, 1.54) is 18.3 Å². The van der Waals surface area contributed by atoms with Crippen LogP contribution in [0.1, 0.15) is 29.4 Å². The molecule has 0 spiro atoms. The van der Waals surface area contributed by atoms with Crippen molar-refractivity contribution in [2.75, 3.05) is 0 Å². The molecule has 1 amide bonds. The number of rotatable bonds is 6. The zero-order valence-electron chi connectivity index (χ0n) is 16.8. The van der Waals surface area contributed by atoms with E-state index in [1.807, 2.05) is 19.9 Å². The van der Waals surface area contributed by atoms with Gasteiger partial charge in [-0.3, -0.25) is 4.79 Å². The highest BCUT2D eigenvalue weighted by Crippen LogP contribution is 2.17. The highest BCUT2D eigenvalue weighted by atomic mass is 19.1. The molecule has 8 heteroatoms. The van der Waals surface area contributed by atoms with Crippen LogP contribution in [0.4, 0.5) is 4.39 Å². The Bertz CT molecular complexity index is 1110. The SMILES string of the molecule is Cc1nn(-c2ccc(F)cc2)c(C)c1/C=N\NC(=O)[C@@H](C)Oc1ccc(C#N)cc1. The molecule has 0 saturated carbocycles. The summed E-state index contributed by atoms with van der Waals surface area (Å²) in [6, 6.07) is 14.5. The largest absolute Gasteiger partial charge is 0.481 e. The molecule has 152 valence electrons. The quantitative estimate of drug-likeness (QED) is 0.502. The topological polar surface area (TPSA) is 92.3 Å². The van der Waals surface area contributed by atoms with Gasteiger partial charge in [0.15, 0.2) is 6.10 Å². The highest BCUT2D eigenvalue weighted by molar-refractivity contribution is 5.86. The molecule has 1 atom stereocenters. The Morgan fingerprint density at radius 3 is 2.53 bits per heavy atom. The summed E-state index contributed by atoms with van der Waals surface area (Å²) in [4.78, 5) is 12.2. The first-order chi connectivity index (χ1) is 14.4. The minimum atomic E-state index is -0.779. The van der Waals surface area contributed by atoms with Gasteiger partial charge in [0.05, 0.1) is 34.9 Å². The van der Waals surface area contributed by atoms with Crippen LogP contribution in [-0.4, -0.2) is 28.0 Å². The lowest BCUT2D eigenvalue weighted by molar-refractivity contribution is -0.127. The summed E-state index contributed by atoms with van der Waals surface area (Å²) in [5.74, 6) is -0.258. The zero-order chi connectivity index (χ0) is 21.7. The van der Waals surface area contributed by atoms with Crippen molar-refractivity contribution in [3.8, 4) is 17.5 Å². The van der Waals surface area contributed by atoms with Gasteiger partial charge in [-0.1, -0.05) is 0 Å². The second-order valence-corrected chi connectivity index (χ2v) is 6.60. The molecule has 1 heterocycles. The first kappa shape index (κ1) is 20.7. The number of aryl methyl sites for hydroxylation is 1. The molecular formula is C22H20FN5O2. The first-order valence-electron chi connectivity index (χ1n) is 9.21. The van der Waals surface area contributed by atoms with Crippen LogP contribution < -0.4 is 10.2 Å². The molecule has 0 aliphatic carbocycles. The fourth-order valence-electron chi connectivity index (χ4n) is 2.79. The van der Waals surface area contributed by atoms with E-state index in [2.05, 4.69) is 15.6 Å². The summed E-state index contributed by atoms with van der Waals surface area (Å²) in [6.07, 6.45) is 0.739. The average Bonchev–Trinajstić information content (AvgIpc) is 3.03. The molecule has 0 aliphatic rings. The number of nitrogens with zero attached hydrogens (tertiary/aromatic N) is 4. The number of amides is 1. The molecule has 2 aromatic carbocycles. The van der Waals surface area contributed by atoms with Gasteiger partial charge in [-0.15, -0.1) is 0 Å². The second kappa shape index (κ2) is 9.01. The molecule has 1 N–H and O–H groups in total. The maximum absolute atomic E-state index is 13.2. The number of carbonyl (C=O) groups excluding carboxylic acids is 1. The smallest absolute Gasteiger partial charge is 0.280 e. The lowest BCUT2D eigenvalue weighted by atomic mass is 10.2. The summed E-state index contributed by atoms with van der Waals surface area (Å²) < 4.78 is 20.4. The Labute approximate surface area is 173 Å². The third kappa shape index (κ3) is 4.70. The van der Waals surface area contributed by atoms with E-state index in [-0.39, 0.29) is 5.82 Å². The van der Waals surface area contributed by atoms with Crippen molar-refractivity contribution in [1.82, 2.24) is 15.2 Å². The van der Waals surface area contributed by atoms with Crippen LogP contribution in [0.5, 0.6) is 5.75 Å². The molecule has 3 rings (SSSR count). The third-order valence-corrected chi connectivity index (χ3v) is 4.45. The predicted molar refractivity (Wildman–Crippen MR) is 110 cm³/mol. The lowest BCUT2D eigenvalue weighted by Crippen LogP contribution is -2.33. The van der Waals surface area contributed by atoms with Gasteiger partial charge in [-0.2, -0.15) is 15.5 Å². The molecule has 0 unspecified atom stereocenters. The Morgan fingerprint density at radius 2 is 1.90 bits per heavy atom. The van der Waals surface area contributed by atoms with Gasteiger partial charge in [-0.25, -0.2) is 14.5 Å². The van der Waals surface area contributed by atoms with Crippen molar-refractivity contribution in [2.45, 2.75) is 26.9 Å². The Kier molecular flexibility index (Phi) is 6.23. The Hall–Kier alpha value is -3.99. The molecule has 3 aromatic rings. The number of nitriles is 1. The Morgan fingerprint density at radius 1 is 1.23 bits per heavy atom. The molecular weight excluding hydrogens is 385 g/mol. The maximum Gasteiger partial charge on any atom is 0.280 e. The maximum atomic E-state index is 13.2. The number of hydrogen-bond acceptors (Lipinski definition) is 5. The van der Waals surface area contributed by atoms with Crippen LogP contribution in [0.25, 0.3) is 5.69 Å². The number of carbonyl (C=O) groups is 1. The van der Waals surface area contributed by atoms with Crippen molar-refractivity contribution in [1.29, 1.82) is 5.26 Å². The standard InChI is InChI=1S/C22H20FN5O2/c1-14-21(15(2)28(27-14)19-8-6-18(23)7-9-19)13-25-26-22(29)16(3)30-20-10-4-17(12-24)5-11-20/h4-11,13,16H,1-3H3,(H,26,29)/b25-13-/t16-/m1/s1. The Balaban J connectivity index is 1.65. The monoisotopic (exact) mass is 405 g/mol. The number of aromatic nitrogens is 2. The molecule has 1 aromatic heterocycles. The molecule has 0 fully saturated rings. The molecule has 0 aliphatic heterocycles. The van der Waals surface area contributed by atoms with E-state index in [9.17, 15) is 9.18 Å². The van der Waals surface area contributed by atoms with E-state index >= 15 is 0 Å². The van der Waals surface area contributed by atoms with Crippen molar-refractivity contribution in [3.05, 3.63) is 76.9 Å². The third-order valence-electron chi connectivity index (χ3n) is 4.45. The summed E-state index contributed by atoms with van der Waals surface area (Å²) in [6.45, 7) is 5.29. The number of hydrogen-bond donors (Lipinski definition) is 1. The van der Waals surface area contributed by atoms with Crippen molar-refractivity contribution in [2.24, 2.45) is 5.10 Å². The van der Waals surface area contributed by atoms with Gasteiger partial charge in [0.2, 0.25) is 0 Å². The summed E-state index contributed by atoms with van der Waals surface area (Å²) in [5.41, 5.74) is 5.96. The van der Waals surface area contributed by atoms with Crippen LogP contribution in [0, 0.1) is 31.0 Å². The van der Waals surface area contributed by atoms with Gasteiger partial charge in [-0.05, 0) is 69.3 Å². The van der Waals surface area contributed by atoms with E-state index in [0.717, 1.165) is 22.6 Å². The van der Waals surface area contributed by atoms with Crippen molar-refractivity contribution >= 4 is 12.1 Å². The minimum Gasteiger partial charge on any atom is -0.481 e. The molecule has 7 nitrogen and oxygen atoms in total. The van der Waals surface area contributed by atoms with Gasteiger partial charge in [0.25, 0.3) is 5.91 Å².